The van der Waals surface area contributed by atoms with Gasteiger partial charge in [-0.1, -0.05) is 30.3 Å². The van der Waals surface area contributed by atoms with Gasteiger partial charge in [-0.15, -0.1) is 28.6 Å². The van der Waals surface area contributed by atoms with Gasteiger partial charge < -0.3 is 5.32 Å². The highest BCUT2D eigenvalue weighted by atomic mass is 79.9. The van der Waals surface area contributed by atoms with Crippen LogP contribution in [0.25, 0.3) is 0 Å². The van der Waals surface area contributed by atoms with Crippen LogP contribution in [0.1, 0.15) is 5.56 Å². The summed E-state index contributed by atoms with van der Waals surface area (Å²) in [6, 6.07) is 10.3. The average molecular weight is 251 g/mol. The molecule has 0 amide bonds. The second-order valence-electron chi connectivity index (χ2n) is 2.35. The normalized spacial score (nSPS) is 9.08. The van der Waals surface area contributed by atoms with E-state index in [4.69, 9.17) is 11.6 Å². The van der Waals surface area contributed by atoms with E-state index in [1.54, 1.807) is 0 Å². The maximum Gasteiger partial charge on any atom is 0.0348 e. The molecule has 0 heterocycles. The Kier molecular flexibility index (Phi) is 7.56. The first kappa shape index (κ1) is 11.9. The first-order valence-corrected chi connectivity index (χ1v) is 4.27. The van der Waals surface area contributed by atoms with Crippen LogP contribution in [0.3, 0.4) is 0 Å². The van der Waals surface area contributed by atoms with Crippen LogP contribution in [0.2, 0.25) is 0 Å². The molecular weight excluding hydrogens is 237 g/mol. The summed E-state index contributed by atoms with van der Waals surface area (Å²) in [5.41, 5.74) is 1.30. The Hall–Kier alpha value is -0.0500. The molecule has 0 fully saturated rings. The van der Waals surface area contributed by atoms with E-state index in [0.717, 1.165) is 13.1 Å². The van der Waals surface area contributed by atoms with E-state index in [2.05, 4.69) is 17.4 Å². The molecule has 1 N–H and O–H groups in total. The fourth-order valence-corrected chi connectivity index (χ4v) is 1.03. The third-order valence-electron chi connectivity index (χ3n) is 1.44. The summed E-state index contributed by atoms with van der Waals surface area (Å²) < 4.78 is 0. The molecule has 12 heavy (non-hydrogen) atoms. The van der Waals surface area contributed by atoms with Crippen molar-refractivity contribution >= 4 is 28.6 Å². The molecule has 0 atom stereocenters. The molecule has 0 aliphatic rings. The lowest BCUT2D eigenvalue weighted by Crippen LogP contribution is -2.15. The molecule has 0 unspecified atom stereocenters. The highest BCUT2D eigenvalue weighted by Gasteiger charge is 1.87. The third kappa shape index (κ3) is 4.75. The lowest BCUT2D eigenvalue weighted by atomic mass is 10.2. The lowest BCUT2D eigenvalue weighted by Gasteiger charge is -2.00. The van der Waals surface area contributed by atoms with Gasteiger partial charge in [0.05, 0.1) is 0 Å². The van der Waals surface area contributed by atoms with E-state index in [1.165, 1.54) is 5.56 Å². The standard InChI is InChI=1S/C9H12ClN.BrH/c10-6-7-11-8-9-4-2-1-3-5-9;/h1-5,11H,6-8H2;1H. The van der Waals surface area contributed by atoms with Crippen molar-refractivity contribution in [1.82, 2.24) is 5.32 Å². The number of benzene rings is 1. The lowest BCUT2D eigenvalue weighted by molar-refractivity contribution is 0.730. The largest absolute Gasteiger partial charge is 0.311 e. The van der Waals surface area contributed by atoms with E-state index in [1.807, 2.05) is 18.2 Å². The first-order valence-electron chi connectivity index (χ1n) is 3.74. The van der Waals surface area contributed by atoms with Crippen molar-refractivity contribution < 1.29 is 0 Å². The van der Waals surface area contributed by atoms with E-state index < -0.39 is 0 Å². The van der Waals surface area contributed by atoms with Gasteiger partial charge in [-0.05, 0) is 5.56 Å². The van der Waals surface area contributed by atoms with Gasteiger partial charge in [-0.25, -0.2) is 0 Å². The molecule has 0 saturated heterocycles. The van der Waals surface area contributed by atoms with Crippen molar-refractivity contribution in [2.24, 2.45) is 0 Å². The van der Waals surface area contributed by atoms with Crippen molar-refractivity contribution in [1.29, 1.82) is 0 Å². The molecule has 68 valence electrons. The third-order valence-corrected chi connectivity index (χ3v) is 1.63. The van der Waals surface area contributed by atoms with Crippen LogP contribution in [-0.4, -0.2) is 12.4 Å². The number of halogens is 2. The maximum atomic E-state index is 5.51. The zero-order chi connectivity index (χ0) is 7.94. The number of hydrogen-bond acceptors (Lipinski definition) is 1. The minimum Gasteiger partial charge on any atom is -0.311 e. The number of alkyl halides is 1. The van der Waals surface area contributed by atoms with E-state index in [0.29, 0.717) is 5.88 Å². The molecule has 0 saturated carbocycles. The van der Waals surface area contributed by atoms with Gasteiger partial charge in [0.2, 0.25) is 0 Å². The van der Waals surface area contributed by atoms with Gasteiger partial charge in [0.1, 0.15) is 0 Å². The van der Waals surface area contributed by atoms with Crippen molar-refractivity contribution in [2.45, 2.75) is 6.54 Å². The summed E-state index contributed by atoms with van der Waals surface area (Å²) in [6.45, 7) is 1.78. The van der Waals surface area contributed by atoms with Gasteiger partial charge in [-0.2, -0.15) is 0 Å². The van der Waals surface area contributed by atoms with Crippen molar-refractivity contribution in [3.8, 4) is 0 Å². The highest BCUT2D eigenvalue weighted by molar-refractivity contribution is 8.93. The van der Waals surface area contributed by atoms with E-state index >= 15 is 0 Å². The van der Waals surface area contributed by atoms with Crippen LogP contribution in [0, 0.1) is 0 Å². The first-order chi connectivity index (χ1) is 5.43. The van der Waals surface area contributed by atoms with Gasteiger partial charge >= 0.3 is 0 Å². The Balaban J connectivity index is 0.00000121. The molecule has 1 aromatic rings. The Morgan fingerprint density at radius 2 is 1.83 bits per heavy atom. The number of rotatable bonds is 4. The predicted octanol–water partition coefficient (Wildman–Crippen LogP) is 2.59. The van der Waals surface area contributed by atoms with Gasteiger partial charge in [0.25, 0.3) is 0 Å². The SMILES string of the molecule is Br.ClCCNCc1ccccc1. The average Bonchev–Trinajstić information content (AvgIpc) is 2.07. The molecule has 0 spiro atoms. The zero-order valence-corrected chi connectivity index (χ0v) is 9.26. The van der Waals surface area contributed by atoms with Crippen LogP contribution in [-0.2, 0) is 6.54 Å². The van der Waals surface area contributed by atoms with Crippen LogP contribution >= 0.6 is 28.6 Å². The fourth-order valence-electron chi connectivity index (χ4n) is 0.895. The minimum absolute atomic E-state index is 0. The fraction of sp³-hybridized carbons (Fsp3) is 0.333. The number of nitrogens with one attached hydrogen (secondary N) is 1. The maximum absolute atomic E-state index is 5.51. The van der Waals surface area contributed by atoms with Crippen LogP contribution in [0.4, 0.5) is 0 Å². The number of hydrogen-bond donors (Lipinski definition) is 1. The topological polar surface area (TPSA) is 12.0 Å². The minimum atomic E-state index is 0. The highest BCUT2D eigenvalue weighted by Crippen LogP contribution is 1.96. The van der Waals surface area contributed by atoms with Crippen LogP contribution in [0.5, 0.6) is 0 Å². The van der Waals surface area contributed by atoms with Crippen molar-refractivity contribution in [2.75, 3.05) is 12.4 Å². The molecule has 0 aliphatic carbocycles. The molecule has 0 radical (unpaired) electrons. The quantitative estimate of drug-likeness (QED) is 0.640. The molecule has 1 nitrogen and oxygen atoms in total. The summed E-state index contributed by atoms with van der Waals surface area (Å²) in [5, 5.41) is 3.22. The Morgan fingerprint density at radius 3 is 2.42 bits per heavy atom. The van der Waals surface area contributed by atoms with Crippen molar-refractivity contribution in [3.05, 3.63) is 35.9 Å². The summed E-state index contributed by atoms with van der Waals surface area (Å²) in [7, 11) is 0. The molecule has 0 aromatic heterocycles. The second kappa shape index (κ2) is 7.59. The predicted molar refractivity (Wildman–Crippen MR) is 59.2 cm³/mol. The zero-order valence-electron chi connectivity index (χ0n) is 6.79. The molecule has 1 rings (SSSR count). The van der Waals surface area contributed by atoms with Gasteiger partial charge in [0.15, 0.2) is 0 Å². The molecular formula is C9H13BrClN. The van der Waals surface area contributed by atoms with E-state index in [9.17, 15) is 0 Å². The Bertz CT molecular complexity index is 191. The second-order valence-corrected chi connectivity index (χ2v) is 2.73. The monoisotopic (exact) mass is 249 g/mol. The summed E-state index contributed by atoms with van der Waals surface area (Å²) >= 11 is 5.51. The molecule has 3 heteroatoms. The van der Waals surface area contributed by atoms with Gasteiger partial charge in [0, 0.05) is 19.0 Å². The Labute approximate surface area is 88.9 Å². The summed E-state index contributed by atoms with van der Waals surface area (Å²) in [5.74, 6) is 0.673. The Morgan fingerprint density at radius 1 is 1.17 bits per heavy atom. The summed E-state index contributed by atoms with van der Waals surface area (Å²) in [4.78, 5) is 0. The molecule has 0 aliphatic heterocycles. The molecule has 1 aromatic carbocycles. The smallest absolute Gasteiger partial charge is 0.0348 e. The summed E-state index contributed by atoms with van der Waals surface area (Å²) in [6.07, 6.45) is 0. The van der Waals surface area contributed by atoms with E-state index in [-0.39, 0.29) is 17.0 Å². The van der Waals surface area contributed by atoms with Crippen molar-refractivity contribution in [3.63, 3.8) is 0 Å². The van der Waals surface area contributed by atoms with Crippen LogP contribution < -0.4 is 5.32 Å². The van der Waals surface area contributed by atoms with Gasteiger partial charge in [-0.3, -0.25) is 0 Å². The molecule has 0 bridgehead atoms. The van der Waals surface area contributed by atoms with Crippen LogP contribution in [0.15, 0.2) is 30.3 Å².